The maximum atomic E-state index is 13.2. The summed E-state index contributed by atoms with van der Waals surface area (Å²) in [6, 6.07) is 4.05. The minimum absolute atomic E-state index is 0. The molecule has 0 saturated carbocycles. The van der Waals surface area contributed by atoms with Gasteiger partial charge in [-0.25, -0.2) is 0 Å². The molecular weight excluding hydrogens is 545 g/mol. The van der Waals surface area contributed by atoms with Gasteiger partial charge in [0, 0.05) is 6.42 Å². The number of quaternary nitrogens is 1. The van der Waals surface area contributed by atoms with Crippen molar-refractivity contribution in [1.29, 1.82) is 0 Å². The minimum atomic E-state index is -0.0323. The highest BCUT2D eigenvalue weighted by Gasteiger charge is 2.41. The van der Waals surface area contributed by atoms with Crippen molar-refractivity contribution < 1.29 is 52.2 Å². The van der Waals surface area contributed by atoms with Crippen LogP contribution < -0.4 is 42.9 Å². The number of allylic oxidation sites excluding steroid dienone is 1. The first kappa shape index (κ1) is 26.3. The summed E-state index contributed by atoms with van der Waals surface area (Å²) in [6.07, 6.45) is 4.95. The van der Waals surface area contributed by atoms with Gasteiger partial charge in [-0.05, 0) is 66.8 Å². The lowest BCUT2D eigenvalue weighted by Crippen LogP contribution is -3.00. The fourth-order valence-electron chi connectivity index (χ4n) is 5.08. The van der Waals surface area contributed by atoms with Crippen LogP contribution in [-0.2, 0) is 11.2 Å². The molecule has 6 nitrogen and oxygen atoms in total. The van der Waals surface area contributed by atoms with Crippen molar-refractivity contribution in [3.05, 3.63) is 51.6 Å². The third-order valence-electron chi connectivity index (χ3n) is 7.24. The van der Waals surface area contributed by atoms with Gasteiger partial charge in [0.05, 0.1) is 46.8 Å². The molecule has 0 bridgehead atoms. The lowest BCUT2D eigenvalue weighted by molar-refractivity contribution is -0.922. The highest BCUT2D eigenvalue weighted by molar-refractivity contribution is 5.94. The average molecular weight is 579 g/mol. The van der Waals surface area contributed by atoms with Gasteiger partial charge in [0.2, 0.25) is 12.5 Å². The molecule has 0 aliphatic carbocycles. The quantitative estimate of drug-likeness (QED) is 0.297. The van der Waals surface area contributed by atoms with E-state index in [-0.39, 0.29) is 42.6 Å². The molecule has 0 amide bonds. The molecule has 1 atom stereocenters. The zero-order valence-corrected chi connectivity index (χ0v) is 23.2. The van der Waals surface area contributed by atoms with E-state index in [4.69, 9.17) is 18.9 Å². The zero-order valence-electron chi connectivity index (χ0n) is 21.1. The minimum Gasteiger partial charge on any atom is -1.00 e. The Morgan fingerprint density at radius 3 is 2.53 bits per heavy atom. The van der Waals surface area contributed by atoms with E-state index in [0.29, 0.717) is 22.4 Å². The van der Waals surface area contributed by atoms with Crippen LogP contribution >= 0.6 is 0 Å². The number of rotatable bonds is 6. The van der Waals surface area contributed by atoms with Gasteiger partial charge in [0.25, 0.3) is 0 Å². The van der Waals surface area contributed by atoms with Crippen LogP contribution in [0.1, 0.15) is 45.8 Å². The molecular formula is C27H34INO5. The number of fused-ring (bicyclic) bond motifs is 2. The number of likely N-dealkylation sites (N-methyl/N-ethyl adjacent to an activating group) is 1. The molecule has 0 fully saturated rings. The highest BCUT2D eigenvalue weighted by Crippen LogP contribution is 2.51. The fraction of sp³-hybridized carbons (Fsp3) is 0.444. The number of hydrogen-bond donors (Lipinski definition) is 0. The Morgan fingerprint density at radius 1 is 1.12 bits per heavy atom. The molecule has 2 aromatic carbocycles. The smallest absolute Gasteiger partial charge is 0.231 e. The van der Waals surface area contributed by atoms with E-state index < -0.39 is 0 Å². The van der Waals surface area contributed by atoms with E-state index in [0.717, 1.165) is 52.3 Å². The van der Waals surface area contributed by atoms with E-state index in [1.165, 1.54) is 5.56 Å². The van der Waals surface area contributed by atoms with E-state index in [9.17, 15) is 4.79 Å². The first-order valence-electron chi connectivity index (χ1n) is 11.4. The lowest BCUT2D eigenvalue weighted by Gasteiger charge is -2.43. The molecule has 2 heterocycles. The monoisotopic (exact) mass is 579 g/mol. The summed E-state index contributed by atoms with van der Waals surface area (Å²) >= 11 is 0. The number of ether oxygens (including phenoxy) is 4. The first-order chi connectivity index (χ1) is 15.7. The second-order valence-corrected chi connectivity index (χ2v) is 9.55. The van der Waals surface area contributed by atoms with E-state index >= 15 is 0 Å². The van der Waals surface area contributed by atoms with Crippen LogP contribution in [-0.4, -0.2) is 51.9 Å². The molecule has 0 aromatic heterocycles. The van der Waals surface area contributed by atoms with Crippen LogP contribution in [0.5, 0.6) is 23.0 Å². The van der Waals surface area contributed by atoms with E-state index in [1.807, 2.05) is 26.0 Å². The third-order valence-corrected chi connectivity index (χ3v) is 7.24. The molecule has 34 heavy (non-hydrogen) atoms. The Morgan fingerprint density at radius 2 is 1.85 bits per heavy atom. The van der Waals surface area contributed by atoms with Crippen LogP contribution in [0.3, 0.4) is 0 Å². The van der Waals surface area contributed by atoms with Crippen molar-refractivity contribution >= 4 is 11.9 Å². The number of carbonyl (C=O) groups is 1. The maximum Gasteiger partial charge on any atom is 0.231 e. The number of ketones is 1. The van der Waals surface area contributed by atoms with Crippen LogP contribution in [0.4, 0.5) is 0 Å². The molecule has 0 saturated heterocycles. The van der Waals surface area contributed by atoms with E-state index in [1.54, 1.807) is 20.3 Å². The molecule has 2 aliphatic heterocycles. The molecule has 184 valence electrons. The van der Waals surface area contributed by atoms with Crippen molar-refractivity contribution in [3.63, 3.8) is 0 Å². The van der Waals surface area contributed by atoms with Crippen LogP contribution in [0, 0.1) is 20.8 Å². The average Bonchev–Trinajstić information content (AvgIpc) is 3.25. The van der Waals surface area contributed by atoms with Crippen molar-refractivity contribution in [1.82, 2.24) is 0 Å². The van der Waals surface area contributed by atoms with Gasteiger partial charge >= 0.3 is 0 Å². The number of methoxy groups -OCH3 is 2. The second kappa shape index (κ2) is 10.2. The SMILES string of the molecule is COc1cc(C)c(C=CC(=O)CC2c3c(cc4c(c3OC)OCO4)CC[N+]2(C)C)c(C)c1C.[I-]. The molecule has 0 spiro atoms. The summed E-state index contributed by atoms with van der Waals surface area (Å²) in [5.74, 6) is 3.03. The topological polar surface area (TPSA) is 54.0 Å². The number of nitrogens with zero attached hydrogens (tertiary/aromatic N) is 1. The number of hydrogen-bond acceptors (Lipinski definition) is 5. The molecule has 0 N–H and O–H groups in total. The predicted octanol–water partition coefficient (Wildman–Crippen LogP) is 1.71. The Balaban J connectivity index is 0.00000324. The first-order valence-corrected chi connectivity index (χ1v) is 11.4. The van der Waals surface area contributed by atoms with Gasteiger partial charge in [0.15, 0.2) is 17.3 Å². The van der Waals surface area contributed by atoms with Gasteiger partial charge in [-0.2, -0.15) is 0 Å². The van der Waals surface area contributed by atoms with Crippen LogP contribution in [0.2, 0.25) is 0 Å². The summed E-state index contributed by atoms with van der Waals surface area (Å²) < 4.78 is 23.3. The largest absolute Gasteiger partial charge is 1.00 e. The Hall–Kier alpha value is -2.26. The third kappa shape index (κ3) is 4.64. The van der Waals surface area contributed by atoms with Gasteiger partial charge < -0.3 is 47.4 Å². The van der Waals surface area contributed by atoms with E-state index in [2.05, 4.69) is 27.1 Å². The van der Waals surface area contributed by atoms with Gasteiger partial charge in [0.1, 0.15) is 11.8 Å². The van der Waals surface area contributed by atoms with Crippen LogP contribution in [0.25, 0.3) is 6.08 Å². The number of aryl methyl sites for hydroxylation is 1. The maximum absolute atomic E-state index is 13.2. The molecule has 0 radical (unpaired) electrons. The van der Waals surface area contributed by atoms with Gasteiger partial charge in [-0.3, -0.25) is 4.79 Å². The predicted molar refractivity (Wildman–Crippen MR) is 128 cm³/mol. The number of benzene rings is 2. The van der Waals surface area contributed by atoms with Crippen molar-refractivity contribution in [3.8, 4) is 23.0 Å². The molecule has 2 aromatic rings. The molecule has 2 aliphatic rings. The van der Waals surface area contributed by atoms with Gasteiger partial charge in [-0.1, -0.05) is 6.08 Å². The van der Waals surface area contributed by atoms with Crippen molar-refractivity contribution in [2.75, 3.05) is 41.7 Å². The zero-order chi connectivity index (χ0) is 23.9. The number of halogens is 1. The summed E-state index contributed by atoms with van der Waals surface area (Å²) in [5, 5.41) is 0. The number of carbonyl (C=O) groups excluding carboxylic acids is 1. The Bertz CT molecular complexity index is 1140. The Kier molecular flexibility index (Phi) is 7.87. The summed E-state index contributed by atoms with van der Waals surface area (Å²) in [6.45, 7) is 7.29. The standard InChI is InChI=1S/C27H34NO5.HI/c1-16-12-23(30-6)18(3)17(2)21(16)9-8-20(29)14-22-25-19(10-11-28(22,4)5)13-24-26(27(25)31-7)33-15-32-24;/h8-9,12-13,22H,10-11,14-15H2,1-7H3;1H/q+1;/p-1. The van der Waals surface area contributed by atoms with Gasteiger partial charge in [-0.15, -0.1) is 0 Å². The second-order valence-electron chi connectivity index (χ2n) is 9.55. The fourth-order valence-corrected chi connectivity index (χ4v) is 5.08. The van der Waals surface area contributed by atoms with Crippen molar-refractivity contribution in [2.45, 2.75) is 39.7 Å². The lowest BCUT2D eigenvalue weighted by atomic mass is 9.86. The Labute approximate surface area is 219 Å². The summed E-state index contributed by atoms with van der Waals surface area (Å²) in [5.41, 5.74) is 6.62. The van der Waals surface area contributed by atoms with Crippen LogP contribution in [0.15, 0.2) is 18.2 Å². The normalized spacial score (nSPS) is 17.8. The summed E-state index contributed by atoms with van der Waals surface area (Å²) in [7, 11) is 7.69. The summed E-state index contributed by atoms with van der Waals surface area (Å²) in [4.78, 5) is 13.2. The molecule has 1 unspecified atom stereocenters. The highest BCUT2D eigenvalue weighted by atomic mass is 127. The molecule has 7 heteroatoms. The molecule has 4 rings (SSSR count). The van der Waals surface area contributed by atoms with Crippen molar-refractivity contribution in [2.24, 2.45) is 0 Å².